The van der Waals surface area contributed by atoms with Crippen LogP contribution in [-0.2, 0) is 16.1 Å². The molecule has 0 spiro atoms. The summed E-state index contributed by atoms with van der Waals surface area (Å²) in [7, 11) is 5.08. The number of benzene rings is 1. The van der Waals surface area contributed by atoms with E-state index in [1.165, 1.54) is 7.11 Å². The van der Waals surface area contributed by atoms with Gasteiger partial charge in [-0.05, 0) is 24.7 Å². The Morgan fingerprint density at radius 2 is 2.12 bits per heavy atom. The second kappa shape index (κ2) is 7.04. The number of nitrogens with zero attached hydrogens (tertiary/aromatic N) is 1. The van der Waals surface area contributed by atoms with Gasteiger partial charge < -0.3 is 9.47 Å². The first-order valence-corrected chi connectivity index (χ1v) is 5.48. The fraction of sp³-hybridized carbons (Fsp3) is 0.462. The first-order valence-electron chi connectivity index (χ1n) is 5.48. The van der Waals surface area contributed by atoms with Crippen LogP contribution < -0.4 is 4.74 Å². The number of ketones is 1. The average Bonchev–Trinajstić information content (AvgIpc) is 2.29. The standard InChI is InChI=1S/C13H19NO3/c1-14(9-12(15)10-16-2)8-11-5-4-6-13(7-11)17-3/h4-7H,8-10H2,1-3H3. The van der Waals surface area contributed by atoms with Crippen LogP contribution in [-0.4, -0.2) is 45.1 Å². The van der Waals surface area contributed by atoms with Gasteiger partial charge in [0.15, 0.2) is 5.78 Å². The fourth-order valence-electron chi connectivity index (χ4n) is 1.65. The summed E-state index contributed by atoms with van der Waals surface area (Å²) in [5.74, 6) is 0.914. The predicted octanol–water partition coefficient (Wildman–Crippen LogP) is 1.34. The molecule has 0 atom stereocenters. The van der Waals surface area contributed by atoms with Crippen molar-refractivity contribution in [3.63, 3.8) is 0 Å². The lowest BCUT2D eigenvalue weighted by Gasteiger charge is -2.16. The Kier molecular flexibility index (Phi) is 5.66. The number of methoxy groups -OCH3 is 2. The van der Waals surface area contributed by atoms with Crippen LogP contribution in [0.15, 0.2) is 24.3 Å². The van der Waals surface area contributed by atoms with Crippen molar-refractivity contribution in [3.05, 3.63) is 29.8 Å². The molecule has 0 aliphatic heterocycles. The van der Waals surface area contributed by atoms with Crippen molar-refractivity contribution in [1.82, 2.24) is 4.90 Å². The van der Waals surface area contributed by atoms with Crippen LogP contribution in [0, 0.1) is 0 Å². The Labute approximate surface area is 102 Å². The van der Waals surface area contributed by atoms with Crippen molar-refractivity contribution in [2.24, 2.45) is 0 Å². The normalized spacial score (nSPS) is 10.6. The van der Waals surface area contributed by atoms with Crippen molar-refractivity contribution in [1.29, 1.82) is 0 Å². The number of carbonyl (C=O) groups is 1. The smallest absolute Gasteiger partial charge is 0.172 e. The van der Waals surface area contributed by atoms with Crippen LogP contribution in [0.2, 0.25) is 0 Å². The summed E-state index contributed by atoms with van der Waals surface area (Å²) in [6.07, 6.45) is 0. The summed E-state index contributed by atoms with van der Waals surface area (Å²) >= 11 is 0. The van der Waals surface area contributed by atoms with E-state index in [-0.39, 0.29) is 12.4 Å². The number of likely N-dealkylation sites (N-methyl/N-ethyl adjacent to an activating group) is 1. The molecule has 0 N–H and O–H groups in total. The molecule has 0 saturated heterocycles. The van der Waals surface area contributed by atoms with Crippen molar-refractivity contribution in [2.75, 3.05) is 34.4 Å². The highest BCUT2D eigenvalue weighted by atomic mass is 16.5. The number of carbonyl (C=O) groups excluding carboxylic acids is 1. The zero-order valence-electron chi connectivity index (χ0n) is 10.6. The van der Waals surface area contributed by atoms with Gasteiger partial charge in [-0.1, -0.05) is 12.1 Å². The fourth-order valence-corrected chi connectivity index (χ4v) is 1.65. The average molecular weight is 237 g/mol. The minimum atomic E-state index is 0.0814. The van der Waals surface area contributed by atoms with Crippen LogP contribution in [0.5, 0.6) is 5.75 Å². The first kappa shape index (κ1) is 13.7. The molecule has 0 bridgehead atoms. The summed E-state index contributed by atoms with van der Waals surface area (Å²) in [6.45, 7) is 1.28. The molecule has 0 heterocycles. The molecule has 17 heavy (non-hydrogen) atoms. The van der Waals surface area contributed by atoms with Gasteiger partial charge in [0, 0.05) is 13.7 Å². The van der Waals surface area contributed by atoms with E-state index in [1.54, 1.807) is 7.11 Å². The number of ether oxygens (including phenoxy) is 2. The maximum absolute atomic E-state index is 11.4. The van der Waals surface area contributed by atoms with E-state index in [0.29, 0.717) is 13.1 Å². The molecule has 0 aliphatic carbocycles. The van der Waals surface area contributed by atoms with E-state index < -0.39 is 0 Å². The number of hydrogen-bond donors (Lipinski definition) is 0. The van der Waals surface area contributed by atoms with Crippen molar-refractivity contribution in [2.45, 2.75) is 6.54 Å². The lowest BCUT2D eigenvalue weighted by Crippen LogP contribution is -2.27. The second-order valence-corrected chi connectivity index (χ2v) is 4.00. The zero-order chi connectivity index (χ0) is 12.7. The molecule has 0 aromatic heterocycles. The summed E-state index contributed by atoms with van der Waals surface area (Å²) in [5, 5.41) is 0. The van der Waals surface area contributed by atoms with Gasteiger partial charge in [0.2, 0.25) is 0 Å². The highest BCUT2D eigenvalue weighted by Gasteiger charge is 2.07. The molecule has 0 fully saturated rings. The lowest BCUT2D eigenvalue weighted by atomic mass is 10.2. The van der Waals surface area contributed by atoms with Gasteiger partial charge in [-0.25, -0.2) is 0 Å². The Balaban J connectivity index is 2.49. The topological polar surface area (TPSA) is 38.8 Å². The van der Waals surface area contributed by atoms with Crippen LogP contribution in [0.1, 0.15) is 5.56 Å². The van der Waals surface area contributed by atoms with Gasteiger partial charge in [-0.2, -0.15) is 0 Å². The Hall–Kier alpha value is -1.39. The zero-order valence-corrected chi connectivity index (χ0v) is 10.6. The van der Waals surface area contributed by atoms with Gasteiger partial charge in [0.05, 0.1) is 13.7 Å². The molecule has 0 amide bonds. The molecule has 0 saturated carbocycles. The molecule has 1 aromatic rings. The number of rotatable bonds is 7. The Morgan fingerprint density at radius 1 is 1.35 bits per heavy atom. The molecule has 0 unspecified atom stereocenters. The van der Waals surface area contributed by atoms with Crippen molar-refractivity contribution < 1.29 is 14.3 Å². The third-order valence-electron chi connectivity index (χ3n) is 2.34. The first-order chi connectivity index (χ1) is 8.15. The third-order valence-corrected chi connectivity index (χ3v) is 2.34. The van der Waals surface area contributed by atoms with Crippen molar-refractivity contribution in [3.8, 4) is 5.75 Å². The molecule has 0 aliphatic rings. The molecule has 0 radical (unpaired) electrons. The summed E-state index contributed by atoms with van der Waals surface area (Å²) in [4.78, 5) is 13.3. The van der Waals surface area contributed by atoms with E-state index in [2.05, 4.69) is 0 Å². The molecular formula is C13H19NO3. The molecule has 1 aromatic carbocycles. The summed E-state index contributed by atoms with van der Waals surface area (Å²) in [5.41, 5.74) is 1.12. The van der Waals surface area contributed by atoms with Crippen molar-refractivity contribution >= 4 is 5.78 Å². The minimum absolute atomic E-state index is 0.0814. The quantitative estimate of drug-likeness (QED) is 0.717. The van der Waals surface area contributed by atoms with E-state index in [0.717, 1.165) is 11.3 Å². The van der Waals surface area contributed by atoms with Gasteiger partial charge >= 0.3 is 0 Å². The monoisotopic (exact) mass is 237 g/mol. The highest BCUT2D eigenvalue weighted by Crippen LogP contribution is 2.13. The van der Waals surface area contributed by atoms with Gasteiger partial charge in [0.1, 0.15) is 12.4 Å². The van der Waals surface area contributed by atoms with Crippen LogP contribution in [0.3, 0.4) is 0 Å². The molecular weight excluding hydrogens is 218 g/mol. The molecule has 4 nitrogen and oxygen atoms in total. The second-order valence-electron chi connectivity index (χ2n) is 4.00. The third kappa shape index (κ3) is 4.97. The summed E-state index contributed by atoms with van der Waals surface area (Å²) in [6, 6.07) is 7.83. The van der Waals surface area contributed by atoms with E-state index in [1.807, 2.05) is 36.2 Å². The Morgan fingerprint density at radius 3 is 2.76 bits per heavy atom. The van der Waals surface area contributed by atoms with Crippen LogP contribution in [0.4, 0.5) is 0 Å². The van der Waals surface area contributed by atoms with Gasteiger partial charge in [0.25, 0.3) is 0 Å². The number of Topliss-reactive ketones (excluding diaryl/α,β-unsaturated/α-hetero) is 1. The lowest BCUT2D eigenvalue weighted by molar-refractivity contribution is -0.123. The predicted molar refractivity (Wildman–Crippen MR) is 66.2 cm³/mol. The SMILES string of the molecule is COCC(=O)CN(C)Cc1cccc(OC)c1. The highest BCUT2D eigenvalue weighted by molar-refractivity contribution is 5.81. The van der Waals surface area contributed by atoms with E-state index in [4.69, 9.17) is 9.47 Å². The molecule has 1 rings (SSSR count). The maximum Gasteiger partial charge on any atom is 0.172 e. The Bertz CT molecular complexity index is 365. The van der Waals surface area contributed by atoms with E-state index >= 15 is 0 Å². The minimum Gasteiger partial charge on any atom is -0.497 e. The molecule has 4 heteroatoms. The van der Waals surface area contributed by atoms with Gasteiger partial charge in [-0.3, -0.25) is 9.69 Å². The van der Waals surface area contributed by atoms with Crippen LogP contribution in [0.25, 0.3) is 0 Å². The van der Waals surface area contributed by atoms with Crippen LogP contribution >= 0.6 is 0 Å². The maximum atomic E-state index is 11.4. The van der Waals surface area contributed by atoms with E-state index in [9.17, 15) is 4.79 Å². The summed E-state index contributed by atoms with van der Waals surface area (Å²) < 4.78 is 9.95. The van der Waals surface area contributed by atoms with Gasteiger partial charge in [-0.15, -0.1) is 0 Å². The number of hydrogen-bond acceptors (Lipinski definition) is 4. The molecule has 94 valence electrons. The largest absolute Gasteiger partial charge is 0.497 e.